The van der Waals surface area contributed by atoms with E-state index in [-0.39, 0.29) is 41.3 Å². The van der Waals surface area contributed by atoms with Crippen molar-refractivity contribution in [2.45, 2.75) is 65.6 Å². The Balaban J connectivity index is 1.40. The van der Waals surface area contributed by atoms with Gasteiger partial charge in [0.1, 0.15) is 11.4 Å². The molecule has 1 aromatic carbocycles. The van der Waals surface area contributed by atoms with Crippen LogP contribution in [0.2, 0.25) is 0 Å². The molecule has 1 aromatic heterocycles. The van der Waals surface area contributed by atoms with Gasteiger partial charge in [-0.3, -0.25) is 9.59 Å². The van der Waals surface area contributed by atoms with Gasteiger partial charge in [0.25, 0.3) is 0 Å². The molecule has 0 unspecified atom stereocenters. The summed E-state index contributed by atoms with van der Waals surface area (Å²) in [5.74, 6) is -1.88. The van der Waals surface area contributed by atoms with Crippen LogP contribution in [0.1, 0.15) is 58.7 Å². The maximum absolute atomic E-state index is 13.6. The van der Waals surface area contributed by atoms with Crippen LogP contribution in [0.15, 0.2) is 47.7 Å². The van der Waals surface area contributed by atoms with Gasteiger partial charge in [0, 0.05) is 23.7 Å². The molecule has 40 heavy (non-hydrogen) atoms. The zero-order chi connectivity index (χ0) is 28.8. The summed E-state index contributed by atoms with van der Waals surface area (Å²) < 4.78 is 20.4. The molecule has 8 atom stereocenters. The van der Waals surface area contributed by atoms with Crippen LogP contribution in [0.25, 0.3) is 11.8 Å². The second-order valence-electron chi connectivity index (χ2n) is 13.0. The van der Waals surface area contributed by atoms with Crippen LogP contribution < -0.4 is 0 Å². The van der Waals surface area contributed by atoms with Gasteiger partial charge in [-0.15, -0.1) is 0 Å². The summed E-state index contributed by atoms with van der Waals surface area (Å²) in [6.45, 7) is 8.90. The number of Topliss-reactive ketones (excluding diaryl/α,β-unsaturated/α-hetero) is 1. The number of ether oxygens (including phenoxy) is 1. The molecule has 1 heterocycles. The summed E-state index contributed by atoms with van der Waals surface area (Å²) in [5, 5.41) is 28.5. The summed E-state index contributed by atoms with van der Waals surface area (Å²) in [6.07, 6.45) is 7.12. The molecule has 0 saturated heterocycles. The largest absolute Gasteiger partial charge is 0.458 e. The molecule has 2 aromatic rings. The van der Waals surface area contributed by atoms with E-state index in [2.05, 4.69) is 31.1 Å². The van der Waals surface area contributed by atoms with Gasteiger partial charge in [0.05, 0.1) is 23.7 Å². The molecule has 4 aliphatic rings. The lowest BCUT2D eigenvalue weighted by Crippen LogP contribution is -2.62. The summed E-state index contributed by atoms with van der Waals surface area (Å²) in [5.41, 5.74) is 2.13. The minimum absolute atomic E-state index is 0.0289. The molecule has 2 fully saturated rings. The smallest absolute Gasteiger partial charge is 0.303 e. The molecule has 0 amide bonds. The first-order valence-electron chi connectivity index (χ1n) is 14.1. The Kier molecular flexibility index (Phi) is 6.06. The molecule has 4 aliphatic carbocycles. The van der Waals surface area contributed by atoms with Crippen LogP contribution in [0, 0.1) is 40.3 Å². The van der Waals surface area contributed by atoms with Crippen molar-refractivity contribution in [3.63, 3.8) is 0 Å². The molecule has 212 valence electrons. The maximum Gasteiger partial charge on any atom is 0.303 e. The first kappa shape index (κ1) is 27.1. The van der Waals surface area contributed by atoms with Gasteiger partial charge in [-0.25, -0.2) is 9.07 Å². The fourth-order valence-corrected chi connectivity index (χ4v) is 9.06. The minimum atomic E-state index is -1.70. The predicted molar refractivity (Wildman–Crippen MR) is 147 cm³/mol. The molecule has 6 rings (SSSR count). The van der Waals surface area contributed by atoms with E-state index >= 15 is 0 Å². The number of fused-ring (bicyclic) bond motifs is 6. The van der Waals surface area contributed by atoms with Crippen molar-refractivity contribution in [3.05, 3.63) is 64.8 Å². The summed E-state index contributed by atoms with van der Waals surface area (Å²) in [6, 6.07) is 6.28. The number of ketones is 1. The number of carbonyl (C=O) groups is 2. The number of rotatable bonds is 4. The lowest BCUT2D eigenvalue weighted by molar-refractivity contribution is -0.182. The van der Waals surface area contributed by atoms with Crippen LogP contribution >= 0.6 is 0 Å². The lowest BCUT2D eigenvalue weighted by atomic mass is 9.46. The van der Waals surface area contributed by atoms with Crippen molar-refractivity contribution in [1.82, 2.24) is 9.78 Å². The van der Waals surface area contributed by atoms with Crippen LogP contribution in [-0.4, -0.2) is 50.1 Å². The number of nitrogens with zero attached hydrogens (tertiary/aromatic N) is 2. The molecule has 2 saturated carbocycles. The number of aromatic nitrogens is 2. The second kappa shape index (κ2) is 8.95. The number of allylic oxidation sites excluding steroid dienone is 3. The van der Waals surface area contributed by atoms with Crippen molar-refractivity contribution >= 4 is 17.8 Å². The quantitative estimate of drug-likeness (QED) is 0.548. The minimum Gasteiger partial charge on any atom is -0.458 e. The van der Waals surface area contributed by atoms with Gasteiger partial charge in [0.2, 0.25) is 5.78 Å². The maximum atomic E-state index is 13.6. The van der Waals surface area contributed by atoms with Crippen LogP contribution in [0.5, 0.6) is 0 Å². The molecule has 0 radical (unpaired) electrons. The zero-order valence-corrected chi connectivity index (χ0v) is 23.6. The van der Waals surface area contributed by atoms with E-state index in [9.17, 15) is 24.2 Å². The lowest BCUT2D eigenvalue weighted by Gasteiger charge is -2.59. The summed E-state index contributed by atoms with van der Waals surface area (Å²) in [4.78, 5) is 24.8. The topological polar surface area (TPSA) is 102 Å². The van der Waals surface area contributed by atoms with E-state index in [1.165, 1.54) is 19.1 Å². The van der Waals surface area contributed by atoms with E-state index in [1.807, 2.05) is 24.7 Å². The number of benzene rings is 1. The highest BCUT2D eigenvalue weighted by molar-refractivity contribution is 5.91. The summed E-state index contributed by atoms with van der Waals surface area (Å²) in [7, 11) is 0. The Hall–Kier alpha value is -3.10. The Labute approximate surface area is 233 Å². The average molecular weight is 549 g/mol. The molecular weight excluding hydrogens is 511 g/mol. The molecule has 8 heteroatoms. The van der Waals surface area contributed by atoms with Gasteiger partial charge >= 0.3 is 5.97 Å². The first-order valence-corrected chi connectivity index (χ1v) is 14.1. The predicted octanol–water partition coefficient (Wildman–Crippen LogP) is 4.44. The van der Waals surface area contributed by atoms with E-state index < -0.39 is 35.5 Å². The van der Waals surface area contributed by atoms with E-state index in [0.29, 0.717) is 12.8 Å². The number of hydrogen-bond acceptors (Lipinski definition) is 6. The highest BCUT2D eigenvalue weighted by Gasteiger charge is 2.70. The fraction of sp³-hybridized carbons (Fsp3) is 0.531. The Morgan fingerprint density at radius 3 is 2.60 bits per heavy atom. The van der Waals surface area contributed by atoms with E-state index in [1.54, 1.807) is 12.1 Å². The third-order valence-electron chi connectivity index (χ3n) is 10.8. The zero-order valence-electron chi connectivity index (χ0n) is 23.6. The molecule has 0 aliphatic heterocycles. The Morgan fingerprint density at radius 2 is 1.93 bits per heavy atom. The monoisotopic (exact) mass is 548 g/mol. The van der Waals surface area contributed by atoms with Crippen molar-refractivity contribution < 1.29 is 28.9 Å². The highest BCUT2D eigenvalue weighted by Crippen LogP contribution is 2.68. The number of aliphatic hydroxyl groups excluding tert-OH is 1. The third kappa shape index (κ3) is 3.58. The molecule has 0 spiro atoms. The Morgan fingerprint density at radius 1 is 1.23 bits per heavy atom. The number of carbonyl (C=O) groups excluding carboxylic acids is 2. The van der Waals surface area contributed by atoms with E-state index in [4.69, 9.17) is 4.74 Å². The highest BCUT2D eigenvalue weighted by atomic mass is 19.1. The number of aliphatic hydroxyl groups is 2. The molecule has 7 nitrogen and oxygen atoms in total. The van der Waals surface area contributed by atoms with Crippen molar-refractivity contribution in [2.75, 3.05) is 6.61 Å². The fourth-order valence-electron chi connectivity index (χ4n) is 9.06. The van der Waals surface area contributed by atoms with Gasteiger partial charge in [-0.2, -0.15) is 5.10 Å². The number of halogens is 1. The molecular formula is C32H37FN2O5. The van der Waals surface area contributed by atoms with Gasteiger partial charge in [-0.05, 0) is 85.4 Å². The molecule has 0 bridgehead atoms. The first-order chi connectivity index (χ1) is 18.8. The normalized spacial score (nSPS) is 37.9. The van der Waals surface area contributed by atoms with Gasteiger partial charge < -0.3 is 14.9 Å². The Bertz CT molecular complexity index is 1460. The van der Waals surface area contributed by atoms with Crippen molar-refractivity contribution in [2.24, 2.45) is 34.5 Å². The number of hydrogen-bond donors (Lipinski definition) is 2. The SMILES string of the molecule is CC(=O)OCC(=O)[C@@]1(O)[C@H](C)C[C@H]2[C@@H]3C=C(C)C4=Cc5c(cnn5-c5ccc(F)cc5)C[C@]4(C)[C@H]3[C@@H](O)C[C@@]21C. The van der Waals surface area contributed by atoms with Crippen LogP contribution in [0.4, 0.5) is 4.39 Å². The van der Waals surface area contributed by atoms with E-state index in [0.717, 1.165) is 28.1 Å². The number of esters is 1. The summed E-state index contributed by atoms with van der Waals surface area (Å²) >= 11 is 0. The average Bonchev–Trinajstić information content (AvgIpc) is 3.38. The molecule has 2 N–H and O–H groups in total. The second-order valence-corrected chi connectivity index (χ2v) is 13.0. The van der Waals surface area contributed by atoms with Crippen LogP contribution in [0.3, 0.4) is 0 Å². The van der Waals surface area contributed by atoms with Gasteiger partial charge in [-0.1, -0.05) is 32.4 Å². The van der Waals surface area contributed by atoms with Crippen molar-refractivity contribution in [1.29, 1.82) is 0 Å². The van der Waals surface area contributed by atoms with Crippen molar-refractivity contribution in [3.8, 4) is 5.69 Å². The third-order valence-corrected chi connectivity index (χ3v) is 10.8. The van der Waals surface area contributed by atoms with Gasteiger partial charge in [0.15, 0.2) is 6.61 Å². The standard InChI is InChI=1S/C32H37FN2O5/c1-17-10-23-25-11-18(2)32(39,28(38)16-40-19(3)36)31(25,5)14-27(37)29(23)30(4)13-20-15-34-35(26(20)12-24(17)30)22-8-6-21(33)7-9-22/h6-10,12,15,18,23,25,27,29,37,39H,11,13-14,16H2,1-5H3/t18-,23+,25+,27+,29-,30+,31+,32+/m1/s1. The van der Waals surface area contributed by atoms with Crippen LogP contribution in [-0.2, 0) is 20.7 Å².